The lowest BCUT2D eigenvalue weighted by Crippen LogP contribution is -2.36. The molecule has 5 N–H and O–H groups in total. The number of nitrogens with zero attached hydrogens (tertiary/aromatic N) is 1. The summed E-state index contributed by atoms with van der Waals surface area (Å²) in [6.45, 7) is 0.291. The Labute approximate surface area is 138 Å². The van der Waals surface area contributed by atoms with E-state index in [1.165, 1.54) is 6.07 Å². The molecular weight excluding hydrogens is 324 g/mol. The maximum atomic E-state index is 11.9. The van der Waals surface area contributed by atoms with Crippen molar-refractivity contribution in [2.24, 2.45) is 11.5 Å². The Balaban J connectivity index is 2.44. The van der Waals surface area contributed by atoms with Crippen molar-refractivity contribution >= 4 is 23.3 Å². The van der Waals surface area contributed by atoms with Crippen LogP contribution in [0.25, 0.3) is 0 Å². The Hall–Kier alpha value is -2.46. The van der Waals surface area contributed by atoms with E-state index in [1.54, 1.807) is 18.2 Å². The Morgan fingerprint density at radius 1 is 1.48 bits per heavy atom. The molecule has 0 heterocycles. The number of nitrogens with two attached hydrogens (primary N) is 2. The average Bonchev–Trinajstić information content (AvgIpc) is 2.49. The molecule has 0 aromatic heterocycles. The zero-order valence-electron chi connectivity index (χ0n) is 12.3. The van der Waals surface area contributed by atoms with Gasteiger partial charge in [0.2, 0.25) is 0 Å². The topological polar surface area (TPSA) is 143 Å². The van der Waals surface area contributed by atoms with Crippen LogP contribution in [-0.2, 0) is 16.2 Å². The van der Waals surface area contributed by atoms with E-state index in [9.17, 15) is 14.9 Å². The third-order valence-corrected chi connectivity index (χ3v) is 2.89. The maximum absolute atomic E-state index is 11.9. The molecule has 1 unspecified atom stereocenters. The molecule has 0 saturated carbocycles. The van der Waals surface area contributed by atoms with E-state index in [4.69, 9.17) is 16.2 Å². The number of carbonyl (C=O) groups is 1. The fourth-order valence-electron chi connectivity index (χ4n) is 1.67. The molecule has 1 rings (SSSR count). The van der Waals surface area contributed by atoms with Gasteiger partial charge in [-0.3, -0.25) is 0 Å². The standard InChI is InChI=1S/C13H18N4O5S/c14-11(5-2-6-16-13(15)23)12(18)22-10-4-1-3-9(7-10)8-21-17(19)20/h1,3-4,7,11H,2,5-6,8,14H2,(H3,15,16,23). The second-order valence-electron chi connectivity index (χ2n) is 4.61. The lowest BCUT2D eigenvalue weighted by molar-refractivity contribution is -0.763. The minimum absolute atomic E-state index is 0.190. The number of hydrogen-bond acceptors (Lipinski definition) is 7. The van der Waals surface area contributed by atoms with Crippen LogP contribution >= 0.6 is 12.2 Å². The van der Waals surface area contributed by atoms with E-state index in [0.717, 1.165) is 0 Å². The fourth-order valence-corrected chi connectivity index (χ4v) is 1.77. The van der Waals surface area contributed by atoms with Crippen molar-refractivity contribution in [2.75, 3.05) is 6.54 Å². The van der Waals surface area contributed by atoms with Crippen LogP contribution in [0.1, 0.15) is 18.4 Å². The molecule has 10 heteroatoms. The lowest BCUT2D eigenvalue weighted by atomic mass is 10.1. The highest BCUT2D eigenvalue weighted by atomic mass is 32.1. The highest BCUT2D eigenvalue weighted by molar-refractivity contribution is 7.80. The number of esters is 1. The van der Waals surface area contributed by atoms with Crippen LogP contribution in [-0.4, -0.2) is 28.8 Å². The molecule has 1 aromatic carbocycles. The minimum atomic E-state index is -0.893. The molecule has 0 amide bonds. The second-order valence-corrected chi connectivity index (χ2v) is 5.05. The molecule has 126 valence electrons. The second kappa shape index (κ2) is 9.54. The van der Waals surface area contributed by atoms with Crippen LogP contribution < -0.4 is 21.5 Å². The van der Waals surface area contributed by atoms with Gasteiger partial charge in [0, 0.05) is 6.54 Å². The minimum Gasteiger partial charge on any atom is -0.425 e. The normalized spacial score (nSPS) is 11.3. The first-order valence-corrected chi connectivity index (χ1v) is 7.16. The summed E-state index contributed by atoms with van der Waals surface area (Å²) in [6.07, 6.45) is 1.00. The van der Waals surface area contributed by atoms with E-state index in [2.05, 4.69) is 22.4 Å². The Morgan fingerprint density at radius 3 is 2.87 bits per heavy atom. The number of benzene rings is 1. The van der Waals surface area contributed by atoms with Gasteiger partial charge in [0.25, 0.3) is 5.09 Å². The molecular formula is C13H18N4O5S. The third kappa shape index (κ3) is 7.93. The van der Waals surface area contributed by atoms with Crippen molar-refractivity contribution in [1.82, 2.24) is 5.32 Å². The quantitative estimate of drug-likeness (QED) is 0.144. The zero-order valence-corrected chi connectivity index (χ0v) is 13.1. The summed E-state index contributed by atoms with van der Waals surface area (Å²) >= 11 is 4.65. The van der Waals surface area contributed by atoms with Crippen LogP contribution in [0.15, 0.2) is 24.3 Å². The Kier molecular flexibility index (Phi) is 7.71. The van der Waals surface area contributed by atoms with E-state index in [0.29, 0.717) is 24.9 Å². The molecule has 9 nitrogen and oxygen atoms in total. The van der Waals surface area contributed by atoms with Gasteiger partial charge < -0.3 is 26.4 Å². The highest BCUT2D eigenvalue weighted by Gasteiger charge is 2.15. The van der Waals surface area contributed by atoms with Gasteiger partial charge in [-0.15, -0.1) is 10.1 Å². The smallest absolute Gasteiger partial charge is 0.328 e. The number of ether oxygens (including phenoxy) is 1. The SMILES string of the molecule is NC(=S)NCCCC(N)C(=O)Oc1cccc(CO[N+](=O)[O-])c1. The van der Waals surface area contributed by atoms with Crippen LogP contribution in [0.5, 0.6) is 5.75 Å². The zero-order chi connectivity index (χ0) is 17.2. The summed E-state index contributed by atoms with van der Waals surface area (Å²) in [7, 11) is 0. The molecule has 1 atom stereocenters. The molecule has 0 aliphatic rings. The Morgan fingerprint density at radius 2 is 2.22 bits per heavy atom. The molecule has 0 aliphatic heterocycles. The molecule has 0 fully saturated rings. The van der Waals surface area contributed by atoms with Crippen LogP contribution in [0, 0.1) is 10.1 Å². The van der Waals surface area contributed by atoms with Gasteiger partial charge >= 0.3 is 5.97 Å². The number of thiocarbonyl (C=S) groups is 1. The van der Waals surface area contributed by atoms with E-state index >= 15 is 0 Å². The molecule has 0 saturated heterocycles. The van der Waals surface area contributed by atoms with Crippen molar-refractivity contribution in [3.8, 4) is 5.75 Å². The molecule has 1 aromatic rings. The highest BCUT2D eigenvalue weighted by Crippen LogP contribution is 2.15. The van der Waals surface area contributed by atoms with E-state index < -0.39 is 17.1 Å². The van der Waals surface area contributed by atoms with E-state index in [1.807, 2.05) is 0 Å². The summed E-state index contributed by atoms with van der Waals surface area (Å²) in [5.41, 5.74) is 11.5. The summed E-state index contributed by atoms with van der Waals surface area (Å²) in [4.78, 5) is 26.3. The number of carbonyl (C=O) groups excluding carboxylic acids is 1. The van der Waals surface area contributed by atoms with Gasteiger partial charge in [-0.05, 0) is 42.8 Å². The first-order valence-electron chi connectivity index (χ1n) is 6.75. The van der Waals surface area contributed by atoms with Crippen LogP contribution in [0.4, 0.5) is 0 Å². The molecule has 0 radical (unpaired) electrons. The van der Waals surface area contributed by atoms with Crippen molar-refractivity contribution in [2.45, 2.75) is 25.5 Å². The predicted octanol–water partition coefficient (Wildman–Crippen LogP) is 0.241. The molecule has 0 aliphatic carbocycles. The fraction of sp³-hybridized carbons (Fsp3) is 0.385. The molecule has 23 heavy (non-hydrogen) atoms. The number of rotatable bonds is 9. The van der Waals surface area contributed by atoms with Crippen molar-refractivity contribution < 1.29 is 19.5 Å². The third-order valence-electron chi connectivity index (χ3n) is 2.75. The molecule has 0 spiro atoms. The van der Waals surface area contributed by atoms with Crippen molar-refractivity contribution in [3.05, 3.63) is 39.9 Å². The van der Waals surface area contributed by atoms with Crippen molar-refractivity contribution in [3.63, 3.8) is 0 Å². The van der Waals surface area contributed by atoms with Gasteiger partial charge in [-0.2, -0.15) is 0 Å². The summed E-state index contributed by atoms with van der Waals surface area (Å²) in [5.74, 6) is -0.344. The van der Waals surface area contributed by atoms with Gasteiger partial charge in [0.1, 0.15) is 18.4 Å². The first-order chi connectivity index (χ1) is 10.9. The van der Waals surface area contributed by atoms with E-state index in [-0.39, 0.29) is 17.5 Å². The predicted molar refractivity (Wildman–Crippen MR) is 85.9 cm³/mol. The summed E-state index contributed by atoms with van der Waals surface area (Å²) < 4.78 is 5.14. The number of hydrogen-bond donors (Lipinski definition) is 3. The largest absolute Gasteiger partial charge is 0.425 e. The maximum Gasteiger partial charge on any atom is 0.328 e. The molecule has 0 bridgehead atoms. The average molecular weight is 342 g/mol. The van der Waals surface area contributed by atoms with Crippen LogP contribution in [0.2, 0.25) is 0 Å². The van der Waals surface area contributed by atoms with Gasteiger partial charge in [0.05, 0.1) is 0 Å². The first kappa shape index (κ1) is 18.6. The Bertz CT molecular complexity index is 569. The number of nitrogens with one attached hydrogen (secondary N) is 1. The summed E-state index contributed by atoms with van der Waals surface area (Å²) in [5, 5.41) is 12.2. The van der Waals surface area contributed by atoms with Crippen LogP contribution in [0.3, 0.4) is 0 Å². The van der Waals surface area contributed by atoms with Gasteiger partial charge in [-0.25, -0.2) is 4.79 Å². The van der Waals surface area contributed by atoms with Gasteiger partial charge in [0.15, 0.2) is 5.11 Å². The lowest BCUT2D eigenvalue weighted by Gasteiger charge is -2.12. The van der Waals surface area contributed by atoms with Crippen molar-refractivity contribution in [1.29, 1.82) is 0 Å². The monoisotopic (exact) mass is 342 g/mol. The summed E-state index contributed by atoms with van der Waals surface area (Å²) in [6, 6.07) is 5.44. The van der Waals surface area contributed by atoms with Gasteiger partial charge in [-0.1, -0.05) is 12.1 Å².